The Morgan fingerprint density at radius 3 is 2.94 bits per heavy atom. The van der Waals surface area contributed by atoms with Crippen molar-refractivity contribution in [2.75, 3.05) is 5.32 Å². The van der Waals surface area contributed by atoms with E-state index in [1.54, 1.807) is 28.9 Å². The Balaban J connectivity index is 2.36. The lowest BCUT2D eigenvalue weighted by Crippen LogP contribution is -2.19. The first-order valence-electron chi connectivity index (χ1n) is 5.40. The van der Waals surface area contributed by atoms with Crippen LogP contribution in [0.4, 0.5) is 5.82 Å². The van der Waals surface area contributed by atoms with Crippen molar-refractivity contribution in [3.8, 4) is 0 Å². The number of fused-ring (bicyclic) bond motifs is 1. The van der Waals surface area contributed by atoms with Crippen molar-refractivity contribution in [3.05, 3.63) is 30.6 Å². The Morgan fingerprint density at radius 2 is 2.29 bits per heavy atom. The molecule has 0 saturated carbocycles. The van der Waals surface area contributed by atoms with Crippen LogP contribution in [0.2, 0.25) is 0 Å². The van der Waals surface area contributed by atoms with Gasteiger partial charge in [0.25, 0.3) is 0 Å². The lowest BCUT2D eigenvalue weighted by atomic mass is 10.2. The van der Waals surface area contributed by atoms with E-state index in [1.807, 2.05) is 13.8 Å². The Bertz CT molecular complexity index is 571. The number of carbonyl (C=O) groups is 1. The zero-order valence-corrected chi connectivity index (χ0v) is 9.84. The Labute approximate surface area is 99.2 Å². The molecular formula is C12H14N4O. The quantitative estimate of drug-likeness (QED) is 0.876. The van der Waals surface area contributed by atoms with E-state index < -0.39 is 0 Å². The highest BCUT2D eigenvalue weighted by molar-refractivity contribution is 5.91. The molecular weight excluding hydrogens is 216 g/mol. The number of amides is 1. The van der Waals surface area contributed by atoms with E-state index in [0.29, 0.717) is 5.82 Å². The number of hydrogen-bond donors (Lipinski definition) is 1. The summed E-state index contributed by atoms with van der Waals surface area (Å²) < 4.78 is 1.64. The van der Waals surface area contributed by atoms with Crippen LogP contribution in [-0.2, 0) is 4.79 Å². The summed E-state index contributed by atoms with van der Waals surface area (Å²) in [6.07, 6.45) is 3.35. The fraction of sp³-hybridized carbons (Fsp3) is 0.250. The van der Waals surface area contributed by atoms with E-state index in [2.05, 4.69) is 22.0 Å². The largest absolute Gasteiger partial charge is 0.309 e. The Hall–Kier alpha value is -2.17. The van der Waals surface area contributed by atoms with Gasteiger partial charge in [-0.25, -0.2) is 9.50 Å². The van der Waals surface area contributed by atoms with Gasteiger partial charge in [-0.15, -0.1) is 5.10 Å². The van der Waals surface area contributed by atoms with Crippen molar-refractivity contribution in [2.45, 2.75) is 13.8 Å². The molecule has 0 bridgehead atoms. The molecule has 0 aliphatic rings. The third-order valence-corrected chi connectivity index (χ3v) is 2.37. The predicted molar refractivity (Wildman–Crippen MR) is 66.5 cm³/mol. The van der Waals surface area contributed by atoms with Gasteiger partial charge in [-0.2, -0.15) is 0 Å². The lowest BCUT2D eigenvalue weighted by molar-refractivity contribution is -0.118. The van der Waals surface area contributed by atoms with Crippen LogP contribution < -0.4 is 5.32 Å². The zero-order chi connectivity index (χ0) is 12.4. The molecule has 1 N–H and O–H groups in total. The van der Waals surface area contributed by atoms with Crippen LogP contribution in [0.1, 0.15) is 19.5 Å². The van der Waals surface area contributed by atoms with Crippen molar-refractivity contribution >= 4 is 23.4 Å². The van der Waals surface area contributed by atoms with E-state index in [4.69, 9.17) is 0 Å². The third kappa shape index (κ3) is 2.18. The molecule has 0 fully saturated rings. The van der Waals surface area contributed by atoms with Gasteiger partial charge in [0, 0.05) is 5.92 Å². The molecule has 5 nitrogen and oxygen atoms in total. The highest BCUT2D eigenvalue weighted by Crippen LogP contribution is 2.10. The van der Waals surface area contributed by atoms with Crippen LogP contribution in [0.15, 0.2) is 24.9 Å². The average molecular weight is 230 g/mol. The van der Waals surface area contributed by atoms with Crippen molar-refractivity contribution in [1.29, 1.82) is 0 Å². The zero-order valence-electron chi connectivity index (χ0n) is 9.84. The second-order valence-electron chi connectivity index (χ2n) is 4.02. The minimum atomic E-state index is -0.0749. The first kappa shape index (κ1) is 11.3. The fourth-order valence-electron chi connectivity index (χ4n) is 1.37. The third-order valence-electron chi connectivity index (χ3n) is 2.37. The average Bonchev–Trinajstić information content (AvgIpc) is 2.71. The number of anilines is 1. The van der Waals surface area contributed by atoms with Crippen molar-refractivity contribution in [2.24, 2.45) is 5.92 Å². The maximum absolute atomic E-state index is 11.5. The molecule has 2 aromatic heterocycles. The monoisotopic (exact) mass is 230 g/mol. The van der Waals surface area contributed by atoms with E-state index in [9.17, 15) is 4.79 Å². The van der Waals surface area contributed by atoms with Gasteiger partial charge in [0.15, 0.2) is 11.5 Å². The molecule has 0 atom stereocenters. The summed E-state index contributed by atoms with van der Waals surface area (Å²) in [6, 6.07) is 3.53. The number of aromatic nitrogens is 3. The molecule has 0 aliphatic heterocycles. The Kier molecular flexibility index (Phi) is 2.91. The van der Waals surface area contributed by atoms with Gasteiger partial charge in [0.1, 0.15) is 0 Å². The van der Waals surface area contributed by atoms with E-state index in [0.717, 1.165) is 11.3 Å². The Morgan fingerprint density at radius 1 is 1.53 bits per heavy atom. The second kappa shape index (κ2) is 4.37. The van der Waals surface area contributed by atoms with Gasteiger partial charge in [0.2, 0.25) is 5.91 Å². The first-order valence-corrected chi connectivity index (χ1v) is 5.40. The van der Waals surface area contributed by atoms with Crippen LogP contribution in [0.3, 0.4) is 0 Å². The molecule has 1 amide bonds. The van der Waals surface area contributed by atoms with Crippen molar-refractivity contribution in [1.82, 2.24) is 14.6 Å². The predicted octanol–water partition coefficient (Wildman–Crippen LogP) is 1.97. The minimum Gasteiger partial charge on any atom is -0.309 e. The lowest BCUT2D eigenvalue weighted by Gasteiger charge is -2.07. The van der Waals surface area contributed by atoms with Gasteiger partial charge in [0.05, 0.1) is 11.9 Å². The molecule has 0 unspecified atom stereocenters. The number of nitrogens with one attached hydrogen (secondary N) is 1. The maximum Gasteiger partial charge on any atom is 0.228 e. The van der Waals surface area contributed by atoms with Crippen molar-refractivity contribution in [3.63, 3.8) is 0 Å². The summed E-state index contributed by atoms with van der Waals surface area (Å²) in [4.78, 5) is 15.7. The SMILES string of the molecule is C=Cc1cnc2ccc(NC(=O)C(C)C)nn12. The van der Waals surface area contributed by atoms with Crippen LogP contribution in [0.5, 0.6) is 0 Å². The molecule has 17 heavy (non-hydrogen) atoms. The number of carbonyl (C=O) groups excluding carboxylic acids is 1. The molecule has 2 aromatic rings. The minimum absolute atomic E-state index is 0.0582. The summed E-state index contributed by atoms with van der Waals surface area (Å²) in [5.74, 6) is 0.378. The summed E-state index contributed by atoms with van der Waals surface area (Å²) in [7, 11) is 0. The summed E-state index contributed by atoms with van der Waals surface area (Å²) in [6.45, 7) is 7.35. The second-order valence-corrected chi connectivity index (χ2v) is 4.02. The maximum atomic E-state index is 11.5. The fourth-order valence-corrected chi connectivity index (χ4v) is 1.37. The van der Waals surface area contributed by atoms with Gasteiger partial charge in [-0.1, -0.05) is 20.4 Å². The van der Waals surface area contributed by atoms with Gasteiger partial charge in [-0.3, -0.25) is 4.79 Å². The number of hydrogen-bond acceptors (Lipinski definition) is 3. The molecule has 2 rings (SSSR count). The summed E-state index contributed by atoms with van der Waals surface area (Å²) in [5, 5.41) is 7.02. The molecule has 0 radical (unpaired) electrons. The molecule has 88 valence electrons. The van der Waals surface area contributed by atoms with Crippen LogP contribution in [-0.4, -0.2) is 20.5 Å². The number of rotatable bonds is 3. The van der Waals surface area contributed by atoms with Gasteiger partial charge >= 0.3 is 0 Å². The number of nitrogens with zero attached hydrogens (tertiary/aromatic N) is 3. The standard InChI is InChI=1S/C12H14N4O/c1-4-9-7-13-11-6-5-10(15-16(9)11)14-12(17)8(2)3/h4-8H,1H2,2-3H3,(H,14,15,17). The van der Waals surface area contributed by atoms with Crippen molar-refractivity contribution < 1.29 is 4.79 Å². The van der Waals surface area contributed by atoms with Crippen LogP contribution in [0, 0.1) is 5.92 Å². The molecule has 0 spiro atoms. The molecule has 0 aliphatic carbocycles. The van der Waals surface area contributed by atoms with Crippen LogP contribution in [0.25, 0.3) is 11.7 Å². The topological polar surface area (TPSA) is 59.3 Å². The smallest absolute Gasteiger partial charge is 0.228 e. The highest BCUT2D eigenvalue weighted by atomic mass is 16.1. The van der Waals surface area contributed by atoms with Gasteiger partial charge in [-0.05, 0) is 18.2 Å². The summed E-state index contributed by atoms with van der Waals surface area (Å²) >= 11 is 0. The van der Waals surface area contributed by atoms with Gasteiger partial charge < -0.3 is 5.32 Å². The molecule has 0 aromatic carbocycles. The first-order chi connectivity index (χ1) is 8.11. The van der Waals surface area contributed by atoms with E-state index >= 15 is 0 Å². The molecule has 0 saturated heterocycles. The molecule has 2 heterocycles. The summed E-state index contributed by atoms with van der Waals surface area (Å²) in [5.41, 5.74) is 1.52. The molecule has 5 heteroatoms. The highest BCUT2D eigenvalue weighted by Gasteiger charge is 2.09. The van der Waals surface area contributed by atoms with E-state index in [1.165, 1.54) is 0 Å². The van der Waals surface area contributed by atoms with Crippen LogP contribution >= 0.6 is 0 Å². The normalized spacial score (nSPS) is 10.8. The number of imidazole rings is 1. The van der Waals surface area contributed by atoms with E-state index in [-0.39, 0.29) is 11.8 Å².